The molecule has 4 rings (SSSR count). The van der Waals surface area contributed by atoms with Gasteiger partial charge in [0.05, 0.1) is 23.2 Å². The molecule has 3 heterocycles. The molecule has 5 nitrogen and oxygen atoms in total. The average Bonchev–Trinajstić information content (AvgIpc) is 3.14. The molecule has 1 aliphatic heterocycles. The van der Waals surface area contributed by atoms with Crippen molar-refractivity contribution in [3.05, 3.63) is 58.4 Å². The third-order valence-corrected chi connectivity index (χ3v) is 4.79. The fourth-order valence-electron chi connectivity index (χ4n) is 2.81. The van der Waals surface area contributed by atoms with Crippen molar-refractivity contribution in [3.63, 3.8) is 0 Å². The van der Waals surface area contributed by atoms with Crippen molar-refractivity contribution in [3.8, 4) is 5.88 Å². The minimum absolute atomic E-state index is 0.0714. The summed E-state index contributed by atoms with van der Waals surface area (Å²) in [5.41, 5.74) is 1.63. The number of nitrogens with one attached hydrogen (secondary N) is 1. The molecule has 1 fully saturated rings. The van der Waals surface area contributed by atoms with Crippen LogP contribution >= 0.6 is 15.9 Å². The van der Waals surface area contributed by atoms with E-state index in [2.05, 4.69) is 31.2 Å². The van der Waals surface area contributed by atoms with Crippen molar-refractivity contribution >= 4 is 32.7 Å². The van der Waals surface area contributed by atoms with Crippen LogP contribution in [-0.2, 0) is 11.3 Å². The maximum Gasteiger partial charge on any atom is 0.213 e. The summed E-state index contributed by atoms with van der Waals surface area (Å²) in [4.78, 5) is 8.71. The Bertz CT molecular complexity index is 932. The Hall–Kier alpha value is -2.25. The van der Waals surface area contributed by atoms with Gasteiger partial charge < -0.3 is 14.8 Å². The molecule has 7 heteroatoms. The van der Waals surface area contributed by atoms with E-state index in [1.807, 2.05) is 24.3 Å². The van der Waals surface area contributed by atoms with E-state index in [4.69, 9.17) is 9.47 Å². The molecule has 0 spiro atoms. The third-order valence-electron chi connectivity index (χ3n) is 4.18. The Morgan fingerprint density at radius 2 is 2.19 bits per heavy atom. The first kappa shape index (κ1) is 17.2. The second-order valence-corrected chi connectivity index (χ2v) is 6.97. The number of benzene rings is 1. The Morgan fingerprint density at radius 3 is 3.04 bits per heavy atom. The van der Waals surface area contributed by atoms with Gasteiger partial charge in [-0.25, -0.2) is 14.4 Å². The van der Waals surface area contributed by atoms with Gasteiger partial charge in [0, 0.05) is 36.7 Å². The molecule has 1 unspecified atom stereocenters. The predicted molar refractivity (Wildman–Crippen MR) is 101 cm³/mol. The Morgan fingerprint density at radius 1 is 1.27 bits per heavy atom. The van der Waals surface area contributed by atoms with Gasteiger partial charge in [0.2, 0.25) is 5.88 Å². The van der Waals surface area contributed by atoms with Crippen LogP contribution < -0.4 is 10.1 Å². The van der Waals surface area contributed by atoms with Crippen LogP contribution in [0, 0.1) is 5.82 Å². The molecular weight excluding hydrogens is 401 g/mol. The van der Waals surface area contributed by atoms with Crippen molar-refractivity contribution < 1.29 is 13.9 Å². The highest BCUT2D eigenvalue weighted by Gasteiger charge is 2.17. The summed E-state index contributed by atoms with van der Waals surface area (Å²) in [7, 11) is 0. The standard InChI is InChI=1S/C19H17BrFN3O2/c20-15-8-13-1-2-18(24-17(13)9-16(15)21)23-10-12-3-5-22-19(7-12)26-14-4-6-25-11-14/h1-3,5,7-9,14H,4,6,10-11H2,(H,23,24). The number of nitrogens with zero attached hydrogens (tertiary/aromatic N) is 2. The van der Waals surface area contributed by atoms with Gasteiger partial charge in [-0.15, -0.1) is 0 Å². The molecule has 1 aromatic carbocycles. The zero-order chi connectivity index (χ0) is 17.9. The first-order valence-electron chi connectivity index (χ1n) is 8.36. The third kappa shape index (κ3) is 3.94. The van der Waals surface area contributed by atoms with E-state index in [9.17, 15) is 4.39 Å². The Labute approximate surface area is 158 Å². The van der Waals surface area contributed by atoms with Gasteiger partial charge in [-0.1, -0.05) is 0 Å². The number of rotatable bonds is 5. The second kappa shape index (κ2) is 7.55. The summed E-state index contributed by atoms with van der Waals surface area (Å²) >= 11 is 3.19. The van der Waals surface area contributed by atoms with Gasteiger partial charge in [-0.3, -0.25) is 0 Å². The molecule has 1 atom stereocenters. The van der Waals surface area contributed by atoms with Crippen molar-refractivity contribution in [1.29, 1.82) is 0 Å². The van der Waals surface area contributed by atoms with Crippen LogP contribution in [0.15, 0.2) is 47.1 Å². The van der Waals surface area contributed by atoms with Gasteiger partial charge in [0.25, 0.3) is 0 Å². The van der Waals surface area contributed by atoms with Crippen LogP contribution in [0.25, 0.3) is 10.9 Å². The molecule has 26 heavy (non-hydrogen) atoms. The monoisotopic (exact) mass is 417 g/mol. The van der Waals surface area contributed by atoms with Crippen molar-refractivity contribution in [1.82, 2.24) is 9.97 Å². The number of aromatic nitrogens is 2. The predicted octanol–water partition coefficient (Wildman–Crippen LogP) is 4.31. The normalized spacial score (nSPS) is 16.8. The number of fused-ring (bicyclic) bond motifs is 1. The number of anilines is 1. The van der Waals surface area contributed by atoms with Gasteiger partial charge in [-0.05, 0) is 45.8 Å². The van der Waals surface area contributed by atoms with E-state index in [-0.39, 0.29) is 11.9 Å². The first-order valence-corrected chi connectivity index (χ1v) is 9.16. The average molecular weight is 418 g/mol. The van der Waals surface area contributed by atoms with E-state index >= 15 is 0 Å². The maximum atomic E-state index is 13.7. The van der Waals surface area contributed by atoms with E-state index in [0.717, 1.165) is 24.0 Å². The molecule has 0 bridgehead atoms. The van der Waals surface area contributed by atoms with Gasteiger partial charge in [0.15, 0.2) is 0 Å². The lowest BCUT2D eigenvalue weighted by Gasteiger charge is -2.12. The molecule has 1 aliphatic rings. The van der Waals surface area contributed by atoms with Crippen molar-refractivity contribution in [2.75, 3.05) is 18.5 Å². The Balaban J connectivity index is 1.45. The first-order chi connectivity index (χ1) is 12.7. The van der Waals surface area contributed by atoms with Crippen molar-refractivity contribution in [2.24, 2.45) is 0 Å². The topological polar surface area (TPSA) is 56.3 Å². The number of halogens is 2. The molecule has 1 saturated heterocycles. The highest BCUT2D eigenvalue weighted by Crippen LogP contribution is 2.24. The lowest BCUT2D eigenvalue weighted by Crippen LogP contribution is -2.16. The van der Waals surface area contributed by atoms with E-state index in [1.165, 1.54) is 6.07 Å². The fraction of sp³-hybridized carbons (Fsp3) is 0.263. The summed E-state index contributed by atoms with van der Waals surface area (Å²) in [6, 6.07) is 10.8. The lowest BCUT2D eigenvalue weighted by atomic mass is 10.2. The van der Waals surface area contributed by atoms with Crippen LogP contribution in [0.3, 0.4) is 0 Å². The molecule has 1 N–H and O–H groups in total. The summed E-state index contributed by atoms with van der Waals surface area (Å²) < 4.78 is 25.3. The SMILES string of the molecule is Fc1cc2nc(NCc3ccnc(OC4CCOC4)c3)ccc2cc1Br. The number of hydrogen-bond donors (Lipinski definition) is 1. The van der Waals surface area contributed by atoms with Crippen LogP contribution in [0.1, 0.15) is 12.0 Å². The largest absolute Gasteiger partial charge is 0.472 e. The van der Waals surface area contributed by atoms with Crippen LogP contribution in [0.2, 0.25) is 0 Å². The maximum absolute atomic E-state index is 13.7. The number of pyridine rings is 2. The number of ether oxygens (including phenoxy) is 2. The molecule has 0 amide bonds. The van der Waals surface area contributed by atoms with Gasteiger partial charge >= 0.3 is 0 Å². The summed E-state index contributed by atoms with van der Waals surface area (Å²) in [5.74, 6) is 0.954. The molecule has 0 radical (unpaired) electrons. The zero-order valence-corrected chi connectivity index (χ0v) is 15.5. The molecule has 0 aliphatic carbocycles. The zero-order valence-electron chi connectivity index (χ0n) is 13.9. The minimum Gasteiger partial charge on any atom is -0.472 e. The minimum atomic E-state index is -0.325. The van der Waals surface area contributed by atoms with Crippen LogP contribution in [-0.4, -0.2) is 29.3 Å². The summed E-state index contributed by atoms with van der Waals surface area (Å²) in [6.45, 7) is 1.91. The highest BCUT2D eigenvalue weighted by atomic mass is 79.9. The Kier molecular flexibility index (Phi) is 4.99. The highest BCUT2D eigenvalue weighted by molar-refractivity contribution is 9.10. The lowest BCUT2D eigenvalue weighted by molar-refractivity contribution is 0.138. The molecular formula is C19H17BrFN3O2. The van der Waals surface area contributed by atoms with Gasteiger partial charge in [-0.2, -0.15) is 0 Å². The van der Waals surface area contributed by atoms with E-state index < -0.39 is 0 Å². The van der Waals surface area contributed by atoms with E-state index in [1.54, 1.807) is 12.3 Å². The van der Waals surface area contributed by atoms with Crippen LogP contribution in [0.5, 0.6) is 5.88 Å². The molecule has 134 valence electrons. The van der Waals surface area contributed by atoms with Crippen molar-refractivity contribution in [2.45, 2.75) is 19.1 Å². The van der Waals surface area contributed by atoms with Crippen LogP contribution in [0.4, 0.5) is 10.2 Å². The summed E-state index contributed by atoms with van der Waals surface area (Å²) in [5, 5.41) is 4.13. The fourth-order valence-corrected chi connectivity index (χ4v) is 3.17. The second-order valence-electron chi connectivity index (χ2n) is 6.11. The number of hydrogen-bond acceptors (Lipinski definition) is 5. The quantitative estimate of drug-likeness (QED) is 0.669. The van der Waals surface area contributed by atoms with Gasteiger partial charge in [0.1, 0.15) is 17.7 Å². The van der Waals surface area contributed by atoms with E-state index in [0.29, 0.717) is 34.8 Å². The molecule has 2 aromatic heterocycles. The molecule has 0 saturated carbocycles. The summed E-state index contributed by atoms with van der Waals surface area (Å²) in [6.07, 6.45) is 2.68. The molecule has 3 aromatic rings. The smallest absolute Gasteiger partial charge is 0.213 e.